The van der Waals surface area contributed by atoms with Crippen LogP contribution in [0.3, 0.4) is 0 Å². The molecule has 1 aliphatic heterocycles. The molecule has 8 nitrogen and oxygen atoms in total. The summed E-state index contributed by atoms with van der Waals surface area (Å²) >= 11 is 0. The van der Waals surface area contributed by atoms with E-state index in [2.05, 4.69) is 15.5 Å². The average Bonchev–Trinajstić information content (AvgIpc) is 2.92. The first-order chi connectivity index (χ1) is 9.16. The van der Waals surface area contributed by atoms with Gasteiger partial charge >= 0.3 is 12.0 Å². The molecule has 0 spiro atoms. The van der Waals surface area contributed by atoms with Crippen molar-refractivity contribution < 1.29 is 19.2 Å². The van der Waals surface area contributed by atoms with E-state index in [1.807, 2.05) is 0 Å². The maximum atomic E-state index is 11.8. The minimum atomic E-state index is -0.844. The van der Waals surface area contributed by atoms with Crippen LogP contribution in [-0.4, -0.2) is 51.8 Å². The van der Waals surface area contributed by atoms with E-state index >= 15 is 0 Å². The van der Waals surface area contributed by atoms with Crippen molar-refractivity contribution in [3.8, 4) is 0 Å². The number of hydrogen-bond donors (Lipinski definition) is 2. The number of nitrogens with one attached hydrogen (secondary N) is 1. The monoisotopic (exact) mass is 268 g/mol. The van der Waals surface area contributed by atoms with Crippen LogP contribution in [0.1, 0.15) is 18.7 Å². The van der Waals surface area contributed by atoms with Crippen LogP contribution >= 0.6 is 0 Å². The second kappa shape index (κ2) is 6.17. The quantitative estimate of drug-likeness (QED) is 0.802. The van der Waals surface area contributed by atoms with E-state index in [-0.39, 0.29) is 12.6 Å². The van der Waals surface area contributed by atoms with Gasteiger partial charge in [-0.3, -0.25) is 4.79 Å². The zero-order chi connectivity index (χ0) is 13.7. The zero-order valence-corrected chi connectivity index (χ0v) is 10.4. The number of carboxylic acids is 1. The fraction of sp³-hybridized carbons (Fsp3) is 0.636. The number of likely N-dealkylation sites (tertiary alicyclic amines) is 1. The van der Waals surface area contributed by atoms with Gasteiger partial charge in [-0.1, -0.05) is 5.16 Å². The molecule has 2 heterocycles. The Kier molecular flexibility index (Phi) is 4.32. The topological polar surface area (TPSA) is 109 Å². The Morgan fingerprint density at radius 2 is 2.42 bits per heavy atom. The Labute approximate surface area is 109 Å². The van der Waals surface area contributed by atoms with E-state index in [9.17, 15) is 9.59 Å². The van der Waals surface area contributed by atoms with Gasteiger partial charge in [-0.05, 0) is 12.8 Å². The predicted molar refractivity (Wildman–Crippen MR) is 63.3 cm³/mol. The van der Waals surface area contributed by atoms with E-state index in [1.165, 1.54) is 11.2 Å². The maximum Gasteiger partial charge on any atom is 0.317 e. The van der Waals surface area contributed by atoms with E-state index < -0.39 is 11.9 Å². The summed E-state index contributed by atoms with van der Waals surface area (Å²) in [6.45, 7) is 1.24. The number of rotatable bonds is 4. The normalized spacial score (nSPS) is 19.2. The van der Waals surface area contributed by atoms with Crippen molar-refractivity contribution in [2.24, 2.45) is 5.92 Å². The summed E-state index contributed by atoms with van der Waals surface area (Å²) < 4.78 is 4.81. The number of aromatic nitrogens is 2. The smallest absolute Gasteiger partial charge is 0.317 e. The highest BCUT2D eigenvalue weighted by molar-refractivity contribution is 5.76. The van der Waals surface area contributed by atoms with Crippen LogP contribution in [0.5, 0.6) is 0 Å². The Morgan fingerprint density at radius 1 is 1.58 bits per heavy atom. The predicted octanol–water partition coefficient (Wildman–Crippen LogP) is 0.118. The molecule has 1 aliphatic rings. The van der Waals surface area contributed by atoms with Gasteiger partial charge in [0.05, 0.1) is 5.92 Å². The Morgan fingerprint density at radius 3 is 3.11 bits per heavy atom. The summed E-state index contributed by atoms with van der Waals surface area (Å²) in [6.07, 6.45) is 3.11. The number of amides is 2. The van der Waals surface area contributed by atoms with Crippen LogP contribution in [0.2, 0.25) is 0 Å². The van der Waals surface area contributed by atoms with Gasteiger partial charge in [0.2, 0.25) is 5.89 Å². The lowest BCUT2D eigenvalue weighted by molar-refractivity contribution is -0.143. The van der Waals surface area contributed by atoms with Crippen molar-refractivity contribution in [3.63, 3.8) is 0 Å². The Bertz CT molecular complexity index is 434. The first-order valence-corrected chi connectivity index (χ1v) is 6.18. The highest BCUT2D eigenvalue weighted by Gasteiger charge is 2.27. The molecule has 0 bridgehead atoms. The van der Waals surface area contributed by atoms with Gasteiger partial charge in [0, 0.05) is 26.1 Å². The van der Waals surface area contributed by atoms with Gasteiger partial charge in [-0.15, -0.1) is 0 Å². The lowest BCUT2D eigenvalue weighted by Gasteiger charge is -2.30. The van der Waals surface area contributed by atoms with Gasteiger partial charge < -0.3 is 19.8 Å². The maximum absolute atomic E-state index is 11.8. The summed E-state index contributed by atoms with van der Waals surface area (Å²) in [4.78, 5) is 28.1. The molecule has 19 heavy (non-hydrogen) atoms. The number of piperidine rings is 1. The van der Waals surface area contributed by atoms with Gasteiger partial charge in [-0.2, -0.15) is 4.98 Å². The van der Waals surface area contributed by atoms with Crippen LogP contribution < -0.4 is 5.32 Å². The number of carbonyl (C=O) groups excluding carboxylic acids is 1. The second-order valence-electron chi connectivity index (χ2n) is 4.44. The average molecular weight is 268 g/mol. The van der Waals surface area contributed by atoms with Crippen LogP contribution in [0.15, 0.2) is 10.9 Å². The van der Waals surface area contributed by atoms with E-state index in [0.717, 1.165) is 0 Å². The molecule has 1 saturated heterocycles. The molecule has 2 rings (SSSR count). The Balaban J connectivity index is 1.74. The number of hydrogen-bond acceptors (Lipinski definition) is 5. The van der Waals surface area contributed by atoms with Crippen molar-refractivity contribution >= 4 is 12.0 Å². The first-order valence-electron chi connectivity index (χ1n) is 6.18. The molecular weight excluding hydrogens is 252 g/mol. The fourth-order valence-corrected chi connectivity index (χ4v) is 2.06. The molecule has 0 aromatic carbocycles. The lowest BCUT2D eigenvalue weighted by atomic mass is 9.99. The van der Waals surface area contributed by atoms with Gasteiger partial charge in [-0.25, -0.2) is 4.79 Å². The number of carboxylic acid groups (broad SMARTS) is 1. The van der Waals surface area contributed by atoms with Crippen molar-refractivity contribution in [1.29, 1.82) is 0 Å². The molecule has 104 valence electrons. The summed E-state index contributed by atoms with van der Waals surface area (Å²) in [7, 11) is 0. The zero-order valence-electron chi connectivity index (χ0n) is 10.4. The van der Waals surface area contributed by atoms with E-state index in [4.69, 9.17) is 9.63 Å². The van der Waals surface area contributed by atoms with Gasteiger partial charge in [0.15, 0.2) is 6.33 Å². The highest BCUT2D eigenvalue weighted by Crippen LogP contribution is 2.16. The second-order valence-corrected chi connectivity index (χ2v) is 4.44. The molecular formula is C11H16N4O4. The van der Waals surface area contributed by atoms with Crippen LogP contribution in [-0.2, 0) is 11.2 Å². The summed E-state index contributed by atoms with van der Waals surface area (Å²) in [5, 5.41) is 15.1. The third-order valence-electron chi connectivity index (χ3n) is 3.08. The molecule has 1 atom stereocenters. The molecule has 0 saturated carbocycles. The molecule has 1 fully saturated rings. The lowest BCUT2D eigenvalue weighted by Crippen LogP contribution is -2.47. The summed E-state index contributed by atoms with van der Waals surface area (Å²) in [5.74, 6) is -0.846. The van der Waals surface area contributed by atoms with E-state index in [1.54, 1.807) is 0 Å². The largest absolute Gasteiger partial charge is 0.481 e. The van der Waals surface area contributed by atoms with Crippen molar-refractivity contribution in [2.45, 2.75) is 19.3 Å². The van der Waals surface area contributed by atoms with Crippen molar-refractivity contribution in [1.82, 2.24) is 20.4 Å². The molecule has 0 aliphatic carbocycles. The first kappa shape index (κ1) is 13.3. The van der Waals surface area contributed by atoms with Crippen molar-refractivity contribution in [2.75, 3.05) is 19.6 Å². The van der Waals surface area contributed by atoms with Crippen LogP contribution in [0, 0.1) is 5.92 Å². The number of urea groups is 1. The minimum absolute atomic E-state index is 0.245. The summed E-state index contributed by atoms with van der Waals surface area (Å²) in [6, 6.07) is -0.245. The highest BCUT2D eigenvalue weighted by atomic mass is 16.5. The Hall–Kier alpha value is -2.12. The van der Waals surface area contributed by atoms with Gasteiger partial charge in [0.1, 0.15) is 0 Å². The molecule has 1 aromatic heterocycles. The van der Waals surface area contributed by atoms with Gasteiger partial charge in [0.25, 0.3) is 0 Å². The van der Waals surface area contributed by atoms with Crippen LogP contribution in [0.25, 0.3) is 0 Å². The third-order valence-corrected chi connectivity index (χ3v) is 3.08. The molecule has 2 N–H and O–H groups in total. The fourth-order valence-electron chi connectivity index (χ4n) is 2.06. The standard InChI is InChI=1S/C11H16N4O4/c16-10(17)8-2-1-5-15(6-8)11(18)12-4-3-9-13-7-14-19-9/h7-8H,1-6H2,(H,12,18)(H,16,17)/t8-/m0/s1. The SMILES string of the molecule is O=C(O)[C@H]1CCCN(C(=O)NCCc2ncno2)C1. The number of nitrogens with zero attached hydrogens (tertiary/aromatic N) is 3. The molecule has 0 unspecified atom stereocenters. The molecule has 0 radical (unpaired) electrons. The van der Waals surface area contributed by atoms with Crippen molar-refractivity contribution in [3.05, 3.63) is 12.2 Å². The number of aliphatic carboxylic acids is 1. The molecule has 1 aromatic rings. The van der Waals surface area contributed by atoms with Crippen LogP contribution in [0.4, 0.5) is 4.79 Å². The third kappa shape index (κ3) is 3.67. The van der Waals surface area contributed by atoms with E-state index in [0.29, 0.717) is 38.2 Å². The summed E-state index contributed by atoms with van der Waals surface area (Å²) in [5.41, 5.74) is 0. The number of carbonyl (C=O) groups is 2. The molecule has 8 heteroatoms. The molecule has 2 amide bonds. The minimum Gasteiger partial charge on any atom is -0.481 e.